The lowest BCUT2D eigenvalue weighted by molar-refractivity contribution is 0.0695. The molecule has 1 aliphatic rings. The second-order valence-electron chi connectivity index (χ2n) is 4.82. The van der Waals surface area contributed by atoms with Crippen LogP contribution in [0.15, 0.2) is 12.1 Å². The Kier molecular flexibility index (Phi) is 4.89. The van der Waals surface area contributed by atoms with Gasteiger partial charge in [-0.05, 0) is 38.1 Å². The molecule has 1 aromatic rings. The Morgan fingerprint density at radius 3 is 2.35 bits per heavy atom. The quantitative estimate of drug-likeness (QED) is 0.903. The van der Waals surface area contributed by atoms with E-state index in [2.05, 4.69) is 4.90 Å². The van der Waals surface area contributed by atoms with Crippen molar-refractivity contribution in [2.75, 3.05) is 26.2 Å². The lowest BCUT2D eigenvalue weighted by atomic mass is 10.1. The second kappa shape index (κ2) is 6.65. The van der Waals surface area contributed by atoms with E-state index < -0.39 is 28.9 Å². The first kappa shape index (κ1) is 14.7. The molecule has 1 N–H and O–H groups in total. The highest BCUT2D eigenvalue weighted by molar-refractivity contribution is 5.87. The van der Waals surface area contributed by atoms with Crippen LogP contribution in [0.1, 0.15) is 29.6 Å². The molecule has 1 saturated heterocycles. The molecule has 0 spiro atoms. The third kappa shape index (κ3) is 3.66. The molecule has 0 bridgehead atoms. The topological polar surface area (TPSA) is 49.8 Å². The standard InChI is InChI=1S/C14H17F2NO3/c15-11-8-10(14(18)19)9-12(16)13(11)20-7-6-17-4-2-1-3-5-17/h8-9H,1-7H2,(H,18,19). The number of piperidine rings is 1. The number of carbonyl (C=O) groups is 1. The van der Waals surface area contributed by atoms with Crippen LogP contribution in [0, 0.1) is 11.6 Å². The van der Waals surface area contributed by atoms with Crippen molar-refractivity contribution in [3.63, 3.8) is 0 Å². The van der Waals surface area contributed by atoms with Gasteiger partial charge >= 0.3 is 5.97 Å². The SMILES string of the molecule is O=C(O)c1cc(F)c(OCCN2CCCCC2)c(F)c1. The number of halogens is 2. The van der Waals surface area contributed by atoms with Crippen LogP contribution in [-0.4, -0.2) is 42.2 Å². The van der Waals surface area contributed by atoms with Gasteiger partial charge in [0, 0.05) is 6.54 Å². The van der Waals surface area contributed by atoms with Crippen molar-refractivity contribution in [3.05, 3.63) is 29.3 Å². The summed E-state index contributed by atoms with van der Waals surface area (Å²) in [4.78, 5) is 12.8. The van der Waals surface area contributed by atoms with Crippen molar-refractivity contribution in [2.24, 2.45) is 0 Å². The molecule has 6 heteroatoms. The lowest BCUT2D eigenvalue weighted by Crippen LogP contribution is -2.33. The third-order valence-corrected chi connectivity index (χ3v) is 3.35. The highest BCUT2D eigenvalue weighted by Crippen LogP contribution is 2.23. The molecule has 20 heavy (non-hydrogen) atoms. The van der Waals surface area contributed by atoms with Crippen LogP contribution in [0.25, 0.3) is 0 Å². The summed E-state index contributed by atoms with van der Waals surface area (Å²) >= 11 is 0. The summed E-state index contributed by atoms with van der Waals surface area (Å²) in [7, 11) is 0. The van der Waals surface area contributed by atoms with E-state index >= 15 is 0 Å². The van der Waals surface area contributed by atoms with Crippen molar-refractivity contribution in [3.8, 4) is 5.75 Å². The smallest absolute Gasteiger partial charge is 0.335 e. The summed E-state index contributed by atoms with van der Waals surface area (Å²) in [5.74, 6) is -3.85. The van der Waals surface area contributed by atoms with Crippen LogP contribution in [0.3, 0.4) is 0 Å². The van der Waals surface area contributed by atoms with Gasteiger partial charge in [-0.1, -0.05) is 6.42 Å². The Labute approximate surface area is 116 Å². The Balaban J connectivity index is 1.93. The maximum absolute atomic E-state index is 13.6. The Bertz CT molecular complexity index is 464. The van der Waals surface area contributed by atoms with Crippen LogP contribution >= 0.6 is 0 Å². The van der Waals surface area contributed by atoms with Crippen LogP contribution < -0.4 is 4.74 Å². The van der Waals surface area contributed by atoms with Gasteiger partial charge < -0.3 is 9.84 Å². The molecule has 0 saturated carbocycles. The number of rotatable bonds is 5. The van der Waals surface area contributed by atoms with Crippen LogP contribution in [0.2, 0.25) is 0 Å². The summed E-state index contributed by atoms with van der Waals surface area (Å²) in [6.45, 7) is 2.75. The molecule has 0 aliphatic carbocycles. The van der Waals surface area contributed by atoms with E-state index in [1.165, 1.54) is 6.42 Å². The van der Waals surface area contributed by atoms with Crippen molar-refractivity contribution in [1.29, 1.82) is 0 Å². The van der Waals surface area contributed by atoms with Gasteiger partial charge in [-0.25, -0.2) is 13.6 Å². The van der Waals surface area contributed by atoms with E-state index in [0.29, 0.717) is 6.54 Å². The minimum absolute atomic E-state index is 0.181. The fraction of sp³-hybridized carbons (Fsp3) is 0.500. The first-order valence-electron chi connectivity index (χ1n) is 6.65. The number of ether oxygens (including phenoxy) is 1. The number of carboxylic acids is 1. The molecule has 0 amide bonds. The summed E-state index contributed by atoms with van der Waals surface area (Å²) in [5, 5.41) is 8.69. The average molecular weight is 285 g/mol. The van der Waals surface area contributed by atoms with Gasteiger partial charge in [-0.2, -0.15) is 0 Å². The molecule has 110 valence electrons. The monoisotopic (exact) mass is 285 g/mol. The molecule has 1 heterocycles. The number of hydrogen-bond acceptors (Lipinski definition) is 3. The predicted molar refractivity (Wildman–Crippen MR) is 69.1 cm³/mol. The zero-order valence-electron chi connectivity index (χ0n) is 11.1. The number of aromatic carboxylic acids is 1. The summed E-state index contributed by atoms with van der Waals surface area (Å²) in [5.41, 5.74) is -0.427. The zero-order chi connectivity index (χ0) is 14.5. The van der Waals surface area contributed by atoms with E-state index in [1.54, 1.807) is 0 Å². The molecule has 1 fully saturated rings. The number of hydrogen-bond donors (Lipinski definition) is 1. The molecule has 1 aliphatic heterocycles. The van der Waals surface area contributed by atoms with E-state index in [0.717, 1.165) is 38.1 Å². The highest BCUT2D eigenvalue weighted by atomic mass is 19.1. The van der Waals surface area contributed by atoms with Crippen LogP contribution in [0.5, 0.6) is 5.75 Å². The minimum atomic E-state index is -1.37. The first-order chi connectivity index (χ1) is 9.58. The van der Waals surface area contributed by atoms with E-state index in [9.17, 15) is 13.6 Å². The number of likely N-dealkylation sites (tertiary alicyclic amines) is 1. The van der Waals surface area contributed by atoms with E-state index in [-0.39, 0.29) is 6.61 Å². The highest BCUT2D eigenvalue weighted by Gasteiger charge is 2.16. The van der Waals surface area contributed by atoms with Gasteiger partial charge in [0.25, 0.3) is 0 Å². The van der Waals surface area contributed by atoms with E-state index in [4.69, 9.17) is 9.84 Å². The molecule has 0 atom stereocenters. The molecule has 4 nitrogen and oxygen atoms in total. The van der Waals surface area contributed by atoms with Gasteiger partial charge in [0.05, 0.1) is 5.56 Å². The fourth-order valence-electron chi connectivity index (χ4n) is 2.28. The van der Waals surface area contributed by atoms with Crippen molar-refractivity contribution in [2.45, 2.75) is 19.3 Å². The van der Waals surface area contributed by atoms with Gasteiger partial charge in [0.2, 0.25) is 0 Å². The van der Waals surface area contributed by atoms with Crippen molar-refractivity contribution >= 4 is 5.97 Å². The van der Waals surface area contributed by atoms with E-state index in [1.807, 2.05) is 0 Å². The van der Waals surface area contributed by atoms with Crippen molar-refractivity contribution in [1.82, 2.24) is 4.90 Å². The number of nitrogens with zero attached hydrogens (tertiary/aromatic N) is 1. The van der Waals surface area contributed by atoms with Gasteiger partial charge in [-0.15, -0.1) is 0 Å². The predicted octanol–water partition coefficient (Wildman–Crippen LogP) is 2.53. The Morgan fingerprint density at radius 2 is 1.80 bits per heavy atom. The largest absolute Gasteiger partial charge is 0.486 e. The molecule has 2 rings (SSSR count). The molecule has 0 radical (unpaired) electrons. The second-order valence-corrected chi connectivity index (χ2v) is 4.82. The molecular formula is C14H17F2NO3. The summed E-state index contributed by atoms with van der Waals surface area (Å²) < 4.78 is 32.3. The number of carboxylic acid groups (broad SMARTS) is 1. The maximum atomic E-state index is 13.6. The minimum Gasteiger partial charge on any atom is -0.486 e. The van der Waals surface area contributed by atoms with Crippen LogP contribution in [-0.2, 0) is 0 Å². The van der Waals surface area contributed by atoms with Gasteiger partial charge in [0.15, 0.2) is 17.4 Å². The van der Waals surface area contributed by atoms with Gasteiger partial charge in [0.1, 0.15) is 6.61 Å². The lowest BCUT2D eigenvalue weighted by Gasteiger charge is -2.26. The summed E-state index contributed by atoms with van der Waals surface area (Å²) in [6, 6.07) is 1.53. The fourth-order valence-corrected chi connectivity index (χ4v) is 2.28. The Hall–Kier alpha value is -1.69. The van der Waals surface area contributed by atoms with Crippen LogP contribution in [0.4, 0.5) is 8.78 Å². The Morgan fingerprint density at radius 1 is 1.20 bits per heavy atom. The molecule has 0 aromatic heterocycles. The normalized spacial score (nSPS) is 16.1. The average Bonchev–Trinajstić information content (AvgIpc) is 2.42. The number of benzene rings is 1. The third-order valence-electron chi connectivity index (χ3n) is 3.35. The molecule has 1 aromatic carbocycles. The maximum Gasteiger partial charge on any atom is 0.335 e. The molecule has 0 unspecified atom stereocenters. The zero-order valence-corrected chi connectivity index (χ0v) is 11.1. The first-order valence-corrected chi connectivity index (χ1v) is 6.65. The summed E-state index contributed by atoms with van der Waals surface area (Å²) in [6.07, 6.45) is 3.49. The molecular weight excluding hydrogens is 268 g/mol. The van der Waals surface area contributed by atoms with Gasteiger partial charge in [-0.3, -0.25) is 4.90 Å². The van der Waals surface area contributed by atoms with Crippen molar-refractivity contribution < 1.29 is 23.4 Å².